The number of thiophene rings is 1. The van der Waals surface area contributed by atoms with E-state index in [4.69, 9.17) is 21.0 Å². The number of amidine groups is 1. The molecule has 0 bridgehead atoms. The molecule has 0 aliphatic heterocycles. The lowest BCUT2D eigenvalue weighted by Crippen LogP contribution is -2.21. The quantitative estimate of drug-likeness (QED) is 0.227. The first-order valence-corrected chi connectivity index (χ1v) is 13.0. The Hall–Kier alpha value is -2.83. The van der Waals surface area contributed by atoms with Crippen LogP contribution in [0.4, 0.5) is 13.2 Å². The summed E-state index contributed by atoms with van der Waals surface area (Å²) in [5.74, 6) is -2.88. The number of rotatable bonds is 5. The number of nitrogens with one attached hydrogen (secondary N) is 1. The van der Waals surface area contributed by atoms with Crippen molar-refractivity contribution in [1.29, 1.82) is 5.41 Å². The van der Waals surface area contributed by atoms with Crippen molar-refractivity contribution >= 4 is 44.7 Å². The third-order valence-corrected chi connectivity index (χ3v) is 8.69. The summed E-state index contributed by atoms with van der Waals surface area (Å²) in [5.41, 5.74) is 9.66. The van der Waals surface area contributed by atoms with Crippen LogP contribution in [0.1, 0.15) is 16.0 Å². The van der Waals surface area contributed by atoms with E-state index in [0.29, 0.717) is 9.09 Å². The molecule has 12 heteroatoms. The molecular weight excluding hydrogens is 509 g/mol. The highest BCUT2D eigenvalue weighted by Gasteiger charge is 2.38. The van der Waals surface area contributed by atoms with Crippen molar-refractivity contribution in [3.05, 3.63) is 64.5 Å². The highest BCUT2D eigenvalue weighted by atomic mass is 32.2. The average molecular weight is 531 g/mol. The first kappa shape index (κ1) is 27.4. The number of nitrogens with two attached hydrogens (primary N) is 1. The maximum Gasteiger partial charge on any atom is 0.490 e. The summed E-state index contributed by atoms with van der Waals surface area (Å²) < 4.78 is 58.9. The minimum absolute atomic E-state index is 0.124. The van der Waals surface area contributed by atoms with Crippen LogP contribution < -0.4 is 5.73 Å². The van der Waals surface area contributed by atoms with Crippen molar-refractivity contribution in [1.82, 2.24) is 0 Å². The molecular formula is C22H21F3N2O4S3. The van der Waals surface area contributed by atoms with Gasteiger partial charge in [0, 0.05) is 0 Å². The van der Waals surface area contributed by atoms with Gasteiger partial charge in [0.1, 0.15) is 5.84 Å². The van der Waals surface area contributed by atoms with Crippen LogP contribution in [0.5, 0.6) is 0 Å². The lowest BCUT2D eigenvalue weighted by Gasteiger charge is -2.09. The highest BCUT2D eigenvalue weighted by molar-refractivity contribution is 8.01. The van der Waals surface area contributed by atoms with Gasteiger partial charge in [0.25, 0.3) is 0 Å². The number of carbonyl (C=O) groups is 1. The number of halogens is 3. The zero-order valence-corrected chi connectivity index (χ0v) is 20.7. The number of carboxylic acids is 1. The van der Waals surface area contributed by atoms with Gasteiger partial charge < -0.3 is 10.8 Å². The first-order chi connectivity index (χ1) is 15.7. The summed E-state index contributed by atoms with van der Waals surface area (Å²) in [6.07, 6.45) is -3.26. The van der Waals surface area contributed by atoms with Crippen molar-refractivity contribution < 1.29 is 31.5 Å². The number of thioether (sulfide) groups is 1. The summed E-state index contributed by atoms with van der Waals surface area (Å²) >= 11 is 2.57. The van der Waals surface area contributed by atoms with Crippen LogP contribution in [0.3, 0.4) is 0 Å². The Balaban J connectivity index is 0.000000509. The zero-order valence-electron chi connectivity index (χ0n) is 18.2. The van der Waals surface area contributed by atoms with Gasteiger partial charge in [0.2, 0.25) is 9.84 Å². The standard InChI is InChI=1S/C20H20N2O2S3.C2HF3O2/c1-12-7-13(2)9-15(8-12)14-5-4-6-16(10-14)27(23,24)18-11-17(19(21)22)26-20(18)25-3;3-2(4,5)1(6)7/h4-11H,1-3H3,(H3,21,22);(H,6,7). The largest absolute Gasteiger partial charge is 0.490 e. The number of nitrogen functional groups attached to an aromatic ring is 1. The molecule has 1 heterocycles. The highest BCUT2D eigenvalue weighted by Crippen LogP contribution is 2.37. The fraction of sp³-hybridized carbons (Fsp3) is 0.182. The molecule has 0 radical (unpaired) electrons. The van der Waals surface area contributed by atoms with Gasteiger partial charge in [-0.2, -0.15) is 13.2 Å². The molecule has 0 saturated carbocycles. The molecule has 6 nitrogen and oxygen atoms in total. The van der Waals surface area contributed by atoms with E-state index in [0.717, 1.165) is 22.3 Å². The van der Waals surface area contributed by atoms with Crippen LogP contribution >= 0.6 is 23.1 Å². The van der Waals surface area contributed by atoms with Gasteiger partial charge in [-0.05, 0) is 49.4 Å². The molecule has 2 aromatic carbocycles. The molecule has 0 saturated heterocycles. The number of aryl methyl sites for hydroxylation is 2. The molecule has 0 aliphatic rings. The number of aliphatic carboxylic acids is 1. The van der Waals surface area contributed by atoms with Crippen LogP contribution in [0, 0.1) is 19.3 Å². The zero-order chi connectivity index (χ0) is 25.8. The lowest BCUT2D eigenvalue weighted by atomic mass is 10.0. The molecule has 34 heavy (non-hydrogen) atoms. The molecule has 0 spiro atoms. The SMILES string of the molecule is CSc1sc(C(=N)N)cc1S(=O)(=O)c1cccc(-c2cc(C)cc(C)c2)c1.O=C(O)C(F)(F)F. The monoisotopic (exact) mass is 530 g/mol. The Morgan fingerprint density at radius 2 is 1.62 bits per heavy atom. The van der Waals surface area contributed by atoms with Gasteiger partial charge >= 0.3 is 12.1 Å². The predicted octanol–water partition coefficient (Wildman–Crippen LogP) is 5.50. The molecule has 0 aliphatic carbocycles. The Bertz CT molecular complexity index is 1310. The maximum atomic E-state index is 13.2. The van der Waals surface area contributed by atoms with Crippen LogP contribution in [0.25, 0.3) is 11.1 Å². The fourth-order valence-electron chi connectivity index (χ4n) is 2.93. The molecule has 3 rings (SSSR count). The molecule has 1 aromatic heterocycles. The third-order valence-electron chi connectivity index (χ3n) is 4.35. The van der Waals surface area contributed by atoms with Crippen molar-refractivity contribution in [3.63, 3.8) is 0 Å². The molecule has 0 unspecified atom stereocenters. The fourth-order valence-corrected chi connectivity index (χ4v) is 6.83. The van der Waals surface area contributed by atoms with Gasteiger partial charge in [-0.1, -0.05) is 41.5 Å². The van der Waals surface area contributed by atoms with Crippen molar-refractivity contribution in [2.24, 2.45) is 5.73 Å². The first-order valence-electron chi connectivity index (χ1n) is 9.43. The van der Waals surface area contributed by atoms with E-state index in [2.05, 4.69) is 6.07 Å². The van der Waals surface area contributed by atoms with E-state index in [1.165, 1.54) is 29.2 Å². The van der Waals surface area contributed by atoms with Gasteiger partial charge in [0.15, 0.2) is 0 Å². The van der Waals surface area contributed by atoms with Gasteiger partial charge in [-0.15, -0.1) is 23.1 Å². The van der Waals surface area contributed by atoms with E-state index in [-0.39, 0.29) is 15.6 Å². The van der Waals surface area contributed by atoms with Crippen molar-refractivity contribution in [2.75, 3.05) is 6.26 Å². The molecule has 0 atom stereocenters. The maximum absolute atomic E-state index is 13.2. The van der Waals surface area contributed by atoms with E-state index >= 15 is 0 Å². The number of hydrogen-bond acceptors (Lipinski definition) is 6. The van der Waals surface area contributed by atoms with Gasteiger partial charge in [-0.3, -0.25) is 5.41 Å². The summed E-state index contributed by atoms with van der Waals surface area (Å²) in [7, 11) is -3.71. The average Bonchev–Trinajstić information content (AvgIpc) is 3.19. The summed E-state index contributed by atoms with van der Waals surface area (Å²) in [5, 5.41) is 14.7. The number of benzene rings is 2. The Labute approximate surface area is 203 Å². The smallest absolute Gasteiger partial charge is 0.475 e. The summed E-state index contributed by atoms with van der Waals surface area (Å²) in [4.78, 5) is 9.81. The second kappa shape index (κ2) is 10.6. The molecule has 4 N–H and O–H groups in total. The second-order valence-electron chi connectivity index (χ2n) is 7.09. The van der Waals surface area contributed by atoms with Crippen LogP contribution in [0.2, 0.25) is 0 Å². The Kier molecular flexibility index (Phi) is 8.56. The Morgan fingerprint density at radius 1 is 1.06 bits per heavy atom. The van der Waals surface area contributed by atoms with Crippen molar-refractivity contribution in [2.45, 2.75) is 34.0 Å². The predicted molar refractivity (Wildman–Crippen MR) is 128 cm³/mol. The van der Waals surface area contributed by atoms with E-state index < -0.39 is 22.0 Å². The molecule has 0 amide bonds. The minimum Gasteiger partial charge on any atom is -0.475 e. The second-order valence-corrected chi connectivity index (χ2v) is 11.1. The Morgan fingerprint density at radius 3 is 2.09 bits per heavy atom. The lowest BCUT2D eigenvalue weighted by molar-refractivity contribution is -0.192. The summed E-state index contributed by atoms with van der Waals surface area (Å²) in [6.45, 7) is 4.05. The van der Waals surface area contributed by atoms with Gasteiger partial charge in [-0.25, -0.2) is 13.2 Å². The van der Waals surface area contributed by atoms with E-state index in [9.17, 15) is 21.6 Å². The van der Waals surface area contributed by atoms with Gasteiger partial charge in [0.05, 0.1) is 18.9 Å². The van der Waals surface area contributed by atoms with Crippen molar-refractivity contribution in [3.8, 4) is 11.1 Å². The number of sulfone groups is 1. The third kappa shape index (κ3) is 6.61. The topological polar surface area (TPSA) is 121 Å². The number of alkyl halides is 3. The summed E-state index contributed by atoms with van der Waals surface area (Å²) in [6, 6.07) is 14.7. The minimum atomic E-state index is -5.08. The molecule has 0 fully saturated rings. The van der Waals surface area contributed by atoms with Crippen LogP contribution in [0.15, 0.2) is 62.5 Å². The number of hydrogen-bond donors (Lipinski definition) is 3. The molecule has 182 valence electrons. The van der Waals surface area contributed by atoms with Crippen LogP contribution in [-0.2, 0) is 14.6 Å². The van der Waals surface area contributed by atoms with E-state index in [1.807, 2.05) is 38.3 Å². The number of carboxylic acid groups (broad SMARTS) is 1. The van der Waals surface area contributed by atoms with Crippen LogP contribution in [-0.4, -0.2) is 37.8 Å². The molecule has 3 aromatic rings. The van der Waals surface area contributed by atoms with E-state index in [1.54, 1.807) is 18.2 Å². The normalized spacial score (nSPS) is 11.5.